The Balaban J connectivity index is 2.55. The summed E-state index contributed by atoms with van der Waals surface area (Å²) in [4.78, 5) is 1.24. The molecule has 22 heavy (non-hydrogen) atoms. The van der Waals surface area contributed by atoms with Crippen LogP contribution in [0.25, 0.3) is 12.2 Å². The van der Waals surface area contributed by atoms with Crippen molar-refractivity contribution < 1.29 is 5.11 Å². The fourth-order valence-corrected chi connectivity index (χ4v) is 3.08. The monoisotopic (exact) mass is 314 g/mol. The third-order valence-electron chi connectivity index (χ3n) is 3.73. The lowest BCUT2D eigenvalue weighted by molar-refractivity contribution is 0.423. The summed E-state index contributed by atoms with van der Waals surface area (Å²) in [6.45, 7) is 12.8. The molecule has 118 valence electrons. The van der Waals surface area contributed by atoms with Crippen molar-refractivity contribution in [2.45, 2.75) is 52.4 Å². The van der Waals surface area contributed by atoms with Crippen LogP contribution in [0.15, 0.2) is 29.6 Å². The van der Waals surface area contributed by atoms with Crippen molar-refractivity contribution >= 4 is 23.5 Å². The second-order valence-electron chi connectivity index (χ2n) is 7.81. The van der Waals surface area contributed by atoms with Crippen molar-refractivity contribution in [2.75, 3.05) is 0 Å². The van der Waals surface area contributed by atoms with E-state index >= 15 is 0 Å². The van der Waals surface area contributed by atoms with Crippen molar-refractivity contribution in [3.8, 4) is 5.75 Å². The highest BCUT2D eigenvalue weighted by molar-refractivity contribution is 7.10. The van der Waals surface area contributed by atoms with Crippen LogP contribution in [-0.2, 0) is 10.8 Å². The van der Waals surface area contributed by atoms with Gasteiger partial charge in [0, 0.05) is 16.0 Å². The number of thiophene rings is 1. The molecule has 0 radical (unpaired) electrons. The topological polar surface area (TPSA) is 20.2 Å². The van der Waals surface area contributed by atoms with Crippen LogP contribution in [0.2, 0.25) is 0 Å². The van der Waals surface area contributed by atoms with Crippen LogP contribution in [0.4, 0.5) is 0 Å². The summed E-state index contributed by atoms with van der Waals surface area (Å²) in [5.41, 5.74) is 2.98. The van der Waals surface area contributed by atoms with Gasteiger partial charge in [-0.25, -0.2) is 0 Å². The van der Waals surface area contributed by atoms with Crippen molar-refractivity contribution in [1.82, 2.24) is 0 Å². The molecule has 2 aromatic rings. The Labute approximate surface area is 138 Å². The number of benzene rings is 1. The van der Waals surface area contributed by atoms with E-state index in [-0.39, 0.29) is 10.8 Å². The maximum atomic E-state index is 10.7. The Morgan fingerprint density at radius 3 is 1.86 bits per heavy atom. The molecule has 1 N–H and O–H groups in total. The second-order valence-corrected chi connectivity index (χ2v) is 8.79. The van der Waals surface area contributed by atoms with Crippen LogP contribution in [-0.4, -0.2) is 5.11 Å². The van der Waals surface area contributed by atoms with Crippen LogP contribution in [0.1, 0.15) is 63.1 Å². The van der Waals surface area contributed by atoms with Crippen LogP contribution in [0.5, 0.6) is 5.75 Å². The minimum absolute atomic E-state index is 0.0864. The zero-order chi connectivity index (χ0) is 16.5. The second kappa shape index (κ2) is 5.92. The molecule has 0 aliphatic carbocycles. The number of aromatic hydroxyl groups is 1. The molecule has 0 aliphatic heterocycles. The highest BCUT2D eigenvalue weighted by atomic mass is 32.1. The average Bonchev–Trinajstić information content (AvgIpc) is 2.87. The lowest BCUT2D eigenvalue weighted by atomic mass is 9.78. The van der Waals surface area contributed by atoms with E-state index in [0.29, 0.717) is 5.75 Å². The van der Waals surface area contributed by atoms with Gasteiger partial charge in [-0.15, -0.1) is 11.3 Å². The molecule has 0 fully saturated rings. The first-order valence-corrected chi connectivity index (χ1v) is 8.56. The highest BCUT2D eigenvalue weighted by Gasteiger charge is 2.26. The van der Waals surface area contributed by atoms with E-state index in [4.69, 9.17) is 0 Å². The van der Waals surface area contributed by atoms with E-state index in [2.05, 4.69) is 83.3 Å². The quantitative estimate of drug-likeness (QED) is 0.697. The van der Waals surface area contributed by atoms with Gasteiger partial charge in [0.15, 0.2) is 0 Å². The van der Waals surface area contributed by atoms with Gasteiger partial charge >= 0.3 is 0 Å². The molecule has 2 heteroatoms. The van der Waals surface area contributed by atoms with Gasteiger partial charge in [-0.1, -0.05) is 53.7 Å². The largest absolute Gasteiger partial charge is 0.507 e. The Bertz CT molecular complexity index is 630. The fourth-order valence-electron chi connectivity index (χ4n) is 2.46. The first-order chi connectivity index (χ1) is 10.1. The van der Waals surface area contributed by atoms with Gasteiger partial charge in [-0.3, -0.25) is 0 Å². The minimum Gasteiger partial charge on any atom is -0.507 e. The van der Waals surface area contributed by atoms with Crippen LogP contribution in [0.3, 0.4) is 0 Å². The molecule has 0 unspecified atom stereocenters. The maximum absolute atomic E-state index is 10.7. The SMILES string of the molecule is CC(C)(C)c1cc(/C=C\c2cccs2)cc(C(C)(C)C)c1O. The molecule has 1 aromatic carbocycles. The number of phenolic OH excluding ortho intramolecular Hbond substituents is 1. The Hall–Kier alpha value is -1.54. The van der Waals surface area contributed by atoms with Gasteiger partial charge in [0.25, 0.3) is 0 Å². The Morgan fingerprint density at radius 2 is 1.45 bits per heavy atom. The van der Waals surface area contributed by atoms with E-state index in [9.17, 15) is 5.11 Å². The fraction of sp³-hybridized carbons (Fsp3) is 0.400. The molecule has 0 amide bonds. The molecular formula is C20H26OS. The van der Waals surface area contributed by atoms with Crippen molar-refractivity contribution in [1.29, 1.82) is 0 Å². The van der Waals surface area contributed by atoms with Crippen molar-refractivity contribution in [3.05, 3.63) is 51.2 Å². The Morgan fingerprint density at radius 1 is 0.909 bits per heavy atom. The van der Waals surface area contributed by atoms with Gasteiger partial charge in [0.2, 0.25) is 0 Å². The molecule has 1 nitrogen and oxygen atoms in total. The van der Waals surface area contributed by atoms with Gasteiger partial charge in [0.1, 0.15) is 5.75 Å². The average molecular weight is 314 g/mol. The molecular weight excluding hydrogens is 288 g/mol. The van der Waals surface area contributed by atoms with Gasteiger partial charge < -0.3 is 5.11 Å². The lowest BCUT2D eigenvalue weighted by Crippen LogP contribution is -2.17. The third-order valence-corrected chi connectivity index (χ3v) is 4.57. The molecule has 0 spiro atoms. The Kier molecular flexibility index (Phi) is 4.53. The minimum atomic E-state index is -0.0864. The summed E-state index contributed by atoms with van der Waals surface area (Å²) in [5.74, 6) is 0.438. The molecule has 0 aliphatic rings. The van der Waals surface area contributed by atoms with Gasteiger partial charge in [-0.2, -0.15) is 0 Å². The van der Waals surface area contributed by atoms with Crippen molar-refractivity contribution in [3.63, 3.8) is 0 Å². The standard InChI is InChI=1S/C20H26OS/c1-19(2,3)16-12-14(9-10-15-8-7-11-22-15)13-17(18(16)21)20(4,5)6/h7-13,21H,1-6H3/b10-9-. The molecule has 0 atom stereocenters. The van der Waals surface area contributed by atoms with Crippen molar-refractivity contribution in [2.24, 2.45) is 0 Å². The molecule has 1 heterocycles. The summed E-state index contributed by atoms with van der Waals surface area (Å²) in [7, 11) is 0. The predicted molar refractivity (Wildman–Crippen MR) is 98.8 cm³/mol. The number of phenols is 1. The zero-order valence-electron chi connectivity index (χ0n) is 14.4. The number of hydrogen-bond donors (Lipinski definition) is 1. The first kappa shape index (κ1) is 16.8. The molecule has 0 bridgehead atoms. The van der Waals surface area contributed by atoms with Gasteiger partial charge in [-0.05, 0) is 46.0 Å². The van der Waals surface area contributed by atoms with Crippen LogP contribution < -0.4 is 0 Å². The molecule has 2 rings (SSSR count). The molecule has 0 saturated carbocycles. The van der Waals surface area contributed by atoms with E-state index < -0.39 is 0 Å². The molecule has 1 aromatic heterocycles. The zero-order valence-corrected chi connectivity index (χ0v) is 15.2. The van der Waals surface area contributed by atoms with Crippen LogP contribution in [0, 0.1) is 0 Å². The number of hydrogen-bond acceptors (Lipinski definition) is 2. The van der Waals surface area contributed by atoms with E-state index in [0.717, 1.165) is 16.7 Å². The highest BCUT2D eigenvalue weighted by Crippen LogP contribution is 2.40. The first-order valence-electron chi connectivity index (χ1n) is 7.68. The maximum Gasteiger partial charge on any atom is 0.123 e. The summed E-state index contributed by atoms with van der Waals surface area (Å²) in [6.07, 6.45) is 4.27. The van der Waals surface area contributed by atoms with E-state index in [1.54, 1.807) is 11.3 Å². The number of rotatable bonds is 2. The predicted octanol–water partition coefficient (Wildman–Crippen LogP) is 6.22. The summed E-state index contributed by atoms with van der Waals surface area (Å²) >= 11 is 1.73. The summed E-state index contributed by atoms with van der Waals surface area (Å²) in [5, 5.41) is 12.8. The normalized spacial score (nSPS) is 13.0. The molecule has 0 saturated heterocycles. The van der Waals surface area contributed by atoms with Crippen LogP contribution >= 0.6 is 11.3 Å². The lowest BCUT2D eigenvalue weighted by Gasteiger charge is -2.27. The smallest absolute Gasteiger partial charge is 0.123 e. The summed E-state index contributed by atoms with van der Waals surface area (Å²) in [6, 6.07) is 8.38. The third kappa shape index (κ3) is 3.80. The van der Waals surface area contributed by atoms with E-state index in [1.165, 1.54) is 4.88 Å². The van der Waals surface area contributed by atoms with E-state index in [1.807, 2.05) is 0 Å². The van der Waals surface area contributed by atoms with Gasteiger partial charge in [0.05, 0.1) is 0 Å². The summed E-state index contributed by atoms with van der Waals surface area (Å²) < 4.78 is 0.